The number of hydrogen-bond acceptors (Lipinski definition) is 4. The van der Waals surface area contributed by atoms with Crippen molar-refractivity contribution in [3.8, 4) is 0 Å². The number of likely N-dealkylation sites (N-methyl/N-ethyl adjacent to an activating group) is 1. The van der Waals surface area contributed by atoms with Gasteiger partial charge in [-0.1, -0.05) is 11.6 Å². The summed E-state index contributed by atoms with van der Waals surface area (Å²) < 4.78 is 5.18. The molecule has 1 saturated heterocycles. The Morgan fingerprint density at radius 3 is 3.12 bits per heavy atom. The van der Waals surface area contributed by atoms with Gasteiger partial charge in [-0.25, -0.2) is 0 Å². The van der Waals surface area contributed by atoms with Gasteiger partial charge in [-0.3, -0.25) is 4.79 Å². The monoisotopic (exact) mass is 222 g/mol. The number of carbonyl (C=O) groups is 1. The van der Waals surface area contributed by atoms with Crippen molar-refractivity contribution in [2.45, 2.75) is 38.6 Å². The van der Waals surface area contributed by atoms with Crippen LogP contribution in [0, 0.1) is 0 Å². The standard InChI is InChI=1S/C12H18N2O2/c1-9(15)11-8-13-16-12(11)7-10-5-3-4-6-14(10)2/h8,10H,3-7H2,1-2H3. The maximum absolute atomic E-state index is 11.3. The Balaban J connectivity index is 2.07. The van der Waals surface area contributed by atoms with Gasteiger partial charge in [0.05, 0.1) is 11.8 Å². The van der Waals surface area contributed by atoms with Gasteiger partial charge in [0.1, 0.15) is 5.76 Å². The van der Waals surface area contributed by atoms with E-state index in [1.807, 2.05) is 0 Å². The first-order valence-corrected chi connectivity index (χ1v) is 5.83. The summed E-state index contributed by atoms with van der Waals surface area (Å²) in [5, 5.41) is 3.72. The zero-order valence-electron chi connectivity index (χ0n) is 9.90. The SMILES string of the molecule is CC(=O)c1cnoc1CC1CCCCN1C. The maximum atomic E-state index is 11.3. The Morgan fingerprint density at radius 1 is 1.62 bits per heavy atom. The van der Waals surface area contributed by atoms with E-state index in [9.17, 15) is 4.79 Å². The van der Waals surface area contributed by atoms with Gasteiger partial charge in [-0.2, -0.15) is 0 Å². The lowest BCUT2D eigenvalue weighted by atomic mass is 9.97. The highest BCUT2D eigenvalue weighted by Gasteiger charge is 2.23. The van der Waals surface area contributed by atoms with Gasteiger partial charge < -0.3 is 9.42 Å². The average Bonchev–Trinajstić information content (AvgIpc) is 2.69. The van der Waals surface area contributed by atoms with Crippen LogP contribution >= 0.6 is 0 Å². The number of rotatable bonds is 3. The van der Waals surface area contributed by atoms with E-state index < -0.39 is 0 Å². The Bertz CT molecular complexity index is 373. The van der Waals surface area contributed by atoms with Crippen molar-refractivity contribution in [1.29, 1.82) is 0 Å². The Hall–Kier alpha value is -1.16. The summed E-state index contributed by atoms with van der Waals surface area (Å²) in [4.78, 5) is 13.7. The van der Waals surface area contributed by atoms with E-state index in [-0.39, 0.29) is 5.78 Å². The van der Waals surface area contributed by atoms with E-state index in [0.29, 0.717) is 11.6 Å². The molecule has 0 saturated carbocycles. The van der Waals surface area contributed by atoms with Gasteiger partial charge >= 0.3 is 0 Å². The lowest BCUT2D eigenvalue weighted by Crippen LogP contribution is -2.37. The third kappa shape index (κ3) is 2.32. The lowest BCUT2D eigenvalue weighted by molar-refractivity contribution is 0.101. The van der Waals surface area contributed by atoms with E-state index in [1.54, 1.807) is 6.92 Å². The lowest BCUT2D eigenvalue weighted by Gasteiger charge is -2.31. The Kier molecular flexibility index (Phi) is 3.39. The van der Waals surface area contributed by atoms with Gasteiger partial charge in [0.25, 0.3) is 0 Å². The molecule has 0 bridgehead atoms. The van der Waals surface area contributed by atoms with Gasteiger partial charge in [-0.15, -0.1) is 0 Å². The molecule has 88 valence electrons. The van der Waals surface area contributed by atoms with Crippen LogP contribution in [0.15, 0.2) is 10.7 Å². The summed E-state index contributed by atoms with van der Waals surface area (Å²) in [5.41, 5.74) is 0.638. The molecule has 1 aromatic heterocycles. The summed E-state index contributed by atoms with van der Waals surface area (Å²) in [7, 11) is 2.13. The molecule has 4 nitrogen and oxygen atoms in total. The summed E-state index contributed by atoms with van der Waals surface area (Å²) in [5.74, 6) is 0.779. The molecule has 2 heterocycles. The topological polar surface area (TPSA) is 46.3 Å². The molecule has 0 radical (unpaired) electrons. The minimum absolute atomic E-state index is 0.0368. The largest absolute Gasteiger partial charge is 0.361 e. The summed E-state index contributed by atoms with van der Waals surface area (Å²) >= 11 is 0. The van der Waals surface area contributed by atoms with Crippen LogP contribution in [0.1, 0.15) is 42.3 Å². The second kappa shape index (κ2) is 4.78. The van der Waals surface area contributed by atoms with E-state index in [4.69, 9.17) is 4.52 Å². The van der Waals surface area contributed by atoms with Crippen LogP contribution in [0.4, 0.5) is 0 Å². The van der Waals surface area contributed by atoms with Crippen molar-refractivity contribution in [2.24, 2.45) is 0 Å². The van der Waals surface area contributed by atoms with Crippen LogP contribution in [0.5, 0.6) is 0 Å². The third-order valence-corrected chi connectivity index (χ3v) is 3.37. The number of hydrogen-bond donors (Lipinski definition) is 0. The summed E-state index contributed by atoms with van der Waals surface area (Å²) in [6.07, 6.45) is 6.03. The molecule has 1 atom stereocenters. The summed E-state index contributed by atoms with van der Waals surface area (Å²) in [6, 6.07) is 0.486. The minimum atomic E-state index is 0.0368. The Labute approximate surface area is 95.6 Å². The molecular weight excluding hydrogens is 204 g/mol. The number of ketones is 1. The van der Waals surface area contributed by atoms with Crippen molar-refractivity contribution >= 4 is 5.78 Å². The van der Waals surface area contributed by atoms with E-state index in [1.165, 1.54) is 25.5 Å². The van der Waals surface area contributed by atoms with Gasteiger partial charge in [0.15, 0.2) is 5.78 Å². The molecular formula is C12H18N2O2. The Morgan fingerprint density at radius 2 is 2.44 bits per heavy atom. The zero-order chi connectivity index (χ0) is 11.5. The molecule has 0 aliphatic carbocycles. The first kappa shape index (κ1) is 11.3. The van der Waals surface area contributed by atoms with Crippen LogP contribution in [0.3, 0.4) is 0 Å². The highest BCUT2D eigenvalue weighted by atomic mass is 16.5. The summed E-state index contributed by atoms with van der Waals surface area (Å²) in [6.45, 7) is 2.69. The van der Waals surface area contributed by atoms with Crippen molar-refractivity contribution in [3.63, 3.8) is 0 Å². The quantitative estimate of drug-likeness (QED) is 0.733. The number of piperidine rings is 1. The number of nitrogens with zero attached hydrogens (tertiary/aromatic N) is 2. The van der Waals surface area contributed by atoms with Crippen molar-refractivity contribution in [3.05, 3.63) is 17.5 Å². The fraction of sp³-hybridized carbons (Fsp3) is 0.667. The predicted octanol–water partition coefficient (Wildman–Crippen LogP) is 1.90. The molecule has 0 amide bonds. The number of Topliss-reactive ketones (excluding diaryl/α,β-unsaturated/α-hetero) is 1. The first-order valence-electron chi connectivity index (χ1n) is 5.83. The first-order chi connectivity index (χ1) is 7.68. The molecule has 2 rings (SSSR count). The second-order valence-corrected chi connectivity index (χ2v) is 4.55. The van der Waals surface area contributed by atoms with Gasteiger partial charge in [-0.05, 0) is 33.4 Å². The van der Waals surface area contributed by atoms with Crippen molar-refractivity contribution in [2.75, 3.05) is 13.6 Å². The van der Waals surface area contributed by atoms with Crippen LogP contribution in [0.2, 0.25) is 0 Å². The van der Waals surface area contributed by atoms with E-state index in [0.717, 1.165) is 18.7 Å². The minimum Gasteiger partial charge on any atom is -0.361 e. The van der Waals surface area contributed by atoms with Crippen LogP contribution in [-0.2, 0) is 6.42 Å². The van der Waals surface area contributed by atoms with Crippen LogP contribution < -0.4 is 0 Å². The fourth-order valence-electron chi connectivity index (χ4n) is 2.31. The molecule has 0 spiro atoms. The normalized spacial score (nSPS) is 22.2. The highest BCUT2D eigenvalue weighted by Crippen LogP contribution is 2.21. The molecule has 16 heavy (non-hydrogen) atoms. The number of aromatic nitrogens is 1. The molecule has 1 fully saturated rings. The number of likely N-dealkylation sites (tertiary alicyclic amines) is 1. The molecule has 0 N–H and O–H groups in total. The van der Waals surface area contributed by atoms with Crippen molar-refractivity contribution in [1.82, 2.24) is 10.1 Å². The maximum Gasteiger partial charge on any atom is 0.164 e. The molecule has 4 heteroatoms. The molecule has 1 aliphatic heterocycles. The smallest absolute Gasteiger partial charge is 0.164 e. The van der Waals surface area contributed by atoms with E-state index >= 15 is 0 Å². The van der Waals surface area contributed by atoms with Crippen LogP contribution in [0.25, 0.3) is 0 Å². The van der Waals surface area contributed by atoms with Crippen LogP contribution in [-0.4, -0.2) is 35.5 Å². The average molecular weight is 222 g/mol. The molecule has 1 aromatic rings. The van der Waals surface area contributed by atoms with Gasteiger partial charge in [0.2, 0.25) is 0 Å². The third-order valence-electron chi connectivity index (χ3n) is 3.37. The fourth-order valence-corrected chi connectivity index (χ4v) is 2.31. The molecule has 1 unspecified atom stereocenters. The van der Waals surface area contributed by atoms with E-state index in [2.05, 4.69) is 17.1 Å². The predicted molar refractivity (Wildman–Crippen MR) is 60.5 cm³/mol. The molecule has 1 aliphatic rings. The van der Waals surface area contributed by atoms with Crippen molar-refractivity contribution < 1.29 is 9.32 Å². The second-order valence-electron chi connectivity index (χ2n) is 4.55. The zero-order valence-corrected chi connectivity index (χ0v) is 9.90. The molecule has 0 aromatic carbocycles. The highest BCUT2D eigenvalue weighted by molar-refractivity contribution is 5.94. The number of carbonyl (C=O) groups excluding carboxylic acids is 1. The van der Waals surface area contributed by atoms with Gasteiger partial charge in [0, 0.05) is 12.5 Å².